The number of hydrogen-bond donors (Lipinski definition) is 0. The van der Waals surface area contributed by atoms with Gasteiger partial charge >= 0.3 is 6.18 Å². The second-order valence-corrected chi connectivity index (χ2v) is 9.23. The average Bonchev–Trinajstić information content (AvgIpc) is 3.58. The lowest BCUT2D eigenvalue weighted by molar-refractivity contribution is -0.137. The standard InChI is InChI=1S/C25H28F3NO3/c26-25(27,28)21-8-9-22(23(10-21)31-14-18-6-7-18)32-24-19-12-29(13-20(24)16-30-15-19)11-17-4-2-1-3-5-17/h1-5,8-10,18-20,24H,6-7,11-16H2/t19-,20+,24-. The van der Waals surface area contributed by atoms with Gasteiger partial charge in [0.05, 0.1) is 25.4 Å². The molecule has 0 spiro atoms. The van der Waals surface area contributed by atoms with Gasteiger partial charge in [-0.15, -0.1) is 0 Å². The lowest BCUT2D eigenvalue weighted by atomic mass is 9.84. The molecule has 0 aromatic heterocycles. The molecule has 2 aromatic carbocycles. The Morgan fingerprint density at radius 1 is 0.938 bits per heavy atom. The van der Waals surface area contributed by atoms with Crippen molar-refractivity contribution in [1.82, 2.24) is 4.90 Å². The third-order valence-electron chi connectivity index (χ3n) is 6.53. The molecule has 0 radical (unpaired) electrons. The zero-order chi connectivity index (χ0) is 22.1. The van der Waals surface area contributed by atoms with E-state index in [4.69, 9.17) is 14.2 Å². The largest absolute Gasteiger partial charge is 0.489 e. The van der Waals surface area contributed by atoms with E-state index in [9.17, 15) is 13.2 Å². The Balaban J connectivity index is 1.31. The monoisotopic (exact) mass is 447 g/mol. The predicted molar refractivity (Wildman–Crippen MR) is 114 cm³/mol. The molecule has 7 heteroatoms. The highest BCUT2D eigenvalue weighted by Crippen LogP contribution is 2.40. The van der Waals surface area contributed by atoms with E-state index in [1.807, 2.05) is 18.2 Å². The number of benzene rings is 2. The summed E-state index contributed by atoms with van der Waals surface area (Å²) < 4.78 is 57.7. The second-order valence-electron chi connectivity index (χ2n) is 9.23. The van der Waals surface area contributed by atoms with Crippen molar-refractivity contribution in [2.24, 2.45) is 17.8 Å². The van der Waals surface area contributed by atoms with Crippen LogP contribution in [-0.2, 0) is 17.5 Å². The molecule has 0 unspecified atom stereocenters. The van der Waals surface area contributed by atoms with Crippen molar-refractivity contribution < 1.29 is 27.4 Å². The van der Waals surface area contributed by atoms with Gasteiger partial charge in [-0.3, -0.25) is 4.90 Å². The number of hydrogen-bond acceptors (Lipinski definition) is 4. The van der Waals surface area contributed by atoms with Crippen molar-refractivity contribution in [2.75, 3.05) is 32.9 Å². The van der Waals surface area contributed by atoms with E-state index in [0.29, 0.717) is 31.5 Å². The van der Waals surface area contributed by atoms with Crippen LogP contribution in [0.2, 0.25) is 0 Å². The molecule has 3 fully saturated rings. The molecule has 2 aromatic rings. The average molecular weight is 447 g/mol. The van der Waals surface area contributed by atoms with Crippen LogP contribution in [0.15, 0.2) is 48.5 Å². The summed E-state index contributed by atoms with van der Waals surface area (Å²) in [5.74, 6) is 1.34. The first kappa shape index (κ1) is 21.6. The normalized spacial score (nSPS) is 26.0. The highest BCUT2D eigenvalue weighted by Gasteiger charge is 2.42. The lowest BCUT2D eigenvalue weighted by Gasteiger charge is -2.46. The Morgan fingerprint density at radius 3 is 2.31 bits per heavy atom. The molecule has 2 saturated heterocycles. The highest BCUT2D eigenvalue weighted by atomic mass is 19.4. The van der Waals surface area contributed by atoms with Crippen molar-refractivity contribution in [3.8, 4) is 11.5 Å². The first-order valence-electron chi connectivity index (χ1n) is 11.3. The molecule has 3 aliphatic rings. The minimum Gasteiger partial charge on any atom is -0.489 e. The van der Waals surface area contributed by atoms with Gasteiger partial charge in [-0.05, 0) is 42.5 Å². The molecular weight excluding hydrogens is 419 g/mol. The van der Waals surface area contributed by atoms with Crippen LogP contribution < -0.4 is 9.47 Å². The summed E-state index contributed by atoms with van der Waals surface area (Å²) in [5.41, 5.74) is 0.557. The SMILES string of the molecule is FC(F)(F)c1ccc(O[C@H]2[C@@H]3COC[C@H]2CN(Cc2ccccc2)C3)c(OCC2CC2)c1. The lowest BCUT2D eigenvalue weighted by Crippen LogP contribution is -2.57. The third kappa shape index (κ3) is 5.04. The van der Waals surface area contributed by atoms with Crippen LogP contribution in [-0.4, -0.2) is 43.9 Å². The summed E-state index contributed by atoms with van der Waals surface area (Å²) in [6.07, 6.45) is -2.38. The van der Waals surface area contributed by atoms with E-state index in [-0.39, 0.29) is 23.7 Å². The van der Waals surface area contributed by atoms with Gasteiger partial charge in [-0.1, -0.05) is 30.3 Å². The smallest absolute Gasteiger partial charge is 0.416 e. The van der Waals surface area contributed by atoms with Gasteiger partial charge in [0.2, 0.25) is 0 Å². The van der Waals surface area contributed by atoms with Crippen LogP contribution in [0.3, 0.4) is 0 Å². The molecule has 32 heavy (non-hydrogen) atoms. The van der Waals surface area contributed by atoms with E-state index in [0.717, 1.165) is 44.6 Å². The molecular formula is C25H28F3NO3. The van der Waals surface area contributed by atoms with E-state index in [1.54, 1.807) is 0 Å². The number of alkyl halides is 3. The molecule has 2 bridgehead atoms. The fourth-order valence-corrected chi connectivity index (χ4v) is 4.69. The fourth-order valence-electron chi connectivity index (χ4n) is 4.69. The van der Waals surface area contributed by atoms with Gasteiger partial charge in [0.25, 0.3) is 0 Å². The molecule has 172 valence electrons. The summed E-state index contributed by atoms with van der Waals surface area (Å²) in [7, 11) is 0. The molecule has 3 atom stereocenters. The van der Waals surface area contributed by atoms with Crippen molar-refractivity contribution in [1.29, 1.82) is 0 Å². The molecule has 5 rings (SSSR count). The maximum absolute atomic E-state index is 13.3. The first-order valence-corrected chi connectivity index (χ1v) is 11.3. The Bertz CT molecular complexity index is 902. The van der Waals surface area contributed by atoms with Crippen LogP contribution in [0.4, 0.5) is 13.2 Å². The molecule has 0 N–H and O–H groups in total. The molecule has 4 nitrogen and oxygen atoms in total. The number of nitrogens with zero attached hydrogens (tertiary/aromatic N) is 1. The van der Waals surface area contributed by atoms with Gasteiger partial charge in [-0.2, -0.15) is 13.2 Å². The first-order chi connectivity index (χ1) is 15.5. The van der Waals surface area contributed by atoms with Crippen molar-refractivity contribution in [2.45, 2.75) is 31.7 Å². The van der Waals surface area contributed by atoms with Gasteiger partial charge in [0.15, 0.2) is 11.5 Å². The fraction of sp³-hybridized carbons (Fsp3) is 0.520. The van der Waals surface area contributed by atoms with E-state index in [2.05, 4.69) is 17.0 Å². The van der Waals surface area contributed by atoms with Gasteiger partial charge in [-0.25, -0.2) is 0 Å². The summed E-state index contributed by atoms with van der Waals surface area (Å²) in [6.45, 7) is 4.14. The number of halogens is 3. The van der Waals surface area contributed by atoms with Crippen LogP contribution in [0.25, 0.3) is 0 Å². The molecule has 1 saturated carbocycles. The van der Waals surface area contributed by atoms with Crippen LogP contribution in [0.1, 0.15) is 24.0 Å². The summed E-state index contributed by atoms with van der Waals surface area (Å²) in [5, 5.41) is 0. The molecule has 2 heterocycles. The molecule has 1 aliphatic carbocycles. The van der Waals surface area contributed by atoms with Crippen LogP contribution in [0, 0.1) is 17.8 Å². The van der Waals surface area contributed by atoms with Crippen molar-refractivity contribution >= 4 is 0 Å². The van der Waals surface area contributed by atoms with Gasteiger partial charge < -0.3 is 14.2 Å². The topological polar surface area (TPSA) is 30.9 Å². The summed E-state index contributed by atoms with van der Waals surface area (Å²) in [6, 6.07) is 13.9. The summed E-state index contributed by atoms with van der Waals surface area (Å²) in [4.78, 5) is 2.42. The summed E-state index contributed by atoms with van der Waals surface area (Å²) >= 11 is 0. The number of rotatable bonds is 7. The van der Waals surface area contributed by atoms with Crippen molar-refractivity contribution in [3.63, 3.8) is 0 Å². The predicted octanol–water partition coefficient (Wildman–Crippen LogP) is 5.02. The number of ether oxygens (including phenoxy) is 3. The molecule has 0 amide bonds. The van der Waals surface area contributed by atoms with E-state index in [1.165, 1.54) is 11.6 Å². The second kappa shape index (κ2) is 8.94. The minimum absolute atomic E-state index is 0.101. The van der Waals surface area contributed by atoms with E-state index >= 15 is 0 Å². The zero-order valence-electron chi connectivity index (χ0n) is 17.9. The van der Waals surface area contributed by atoms with E-state index < -0.39 is 11.7 Å². The Labute approximate surface area is 186 Å². The zero-order valence-corrected chi connectivity index (χ0v) is 17.9. The Hall–Kier alpha value is -2.25. The minimum atomic E-state index is -4.41. The van der Waals surface area contributed by atoms with Gasteiger partial charge in [0, 0.05) is 31.5 Å². The maximum atomic E-state index is 13.3. The highest BCUT2D eigenvalue weighted by molar-refractivity contribution is 5.44. The van der Waals surface area contributed by atoms with Crippen molar-refractivity contribution in [3.05, 3.63) is 59.7 Å². The van der Waals surface area contributed by atoms with Crippen LogP contribution >= 0.6 is 0 Å². The van der Waals surface area contributed by atoms with Gasteiger partial charge in [0.1, 0.15) is 6.10 Å². The number of piperidine rings is 1. The quantitative estimate of drug-likeness (QED) is 0.597. The number of likely N-dealkylation sites (tertiary alicyclic amines) is 1. The van der Waals surface area contributed by atoms with Crippen LogP contribution in [0.5, 0.6) is 11.5 Å². The third-order valence-corrected chi connectivity index (χ3v) is 6.53. The maximum Gasteiger partial charge on any atom is 0.416 e. The Kier molecular flexibility index (Phi) is 6.03. The Morgan fingerprint density at radius 2 is 1.66 bits per heavy atom. The number of fused-ring (bicyclic) bond motifs is 2. The molecule has 2 aliphatic heterocycles.